The van der Waals surface area contributed by atoms with Crippen LogP contribution in [0, 0.1) is 18.2 Å². The topological polar surface area (TPSA) is 38.1 Å². The minimum atomic E-state index is -0.276. The van der Waals surface area contributed by atoms with Crippen molar-refractivity contribution in [3.63, 3.8) is 0 Å². The van der Waals surface area contributed by atoms with Gasteiger partial charge in [-0.2, -0.15) is 0 Å². The van der Waals surface area contributed by atoms with E-state index in [0.717, 1.165) is 22.4 Å². The van der Waals surface area contributed by atoms with Gasteiger partial charge in [-0.15, -0.1) is 6.42 Å². The first-order valence-corrected chi connectivity index (χ1v) is 8.56. The summed E-state index contributed by atoms with van der Waals surface area (Å²) in [6, 6.07) is 14.1. The maximum atomic E-state index is 13.1. The second-order valence-electron chi connectivity index (χ2n) is 6.55. The first-order chi connectivity index (χ1) is 12.7. The molecule has 3 aromatic rings. The molecule has 0 radical (unpaired) electrons. The van der Waals surface area contributed by atoms with Crippen LogP contribution in [0.4, 0.5) is 4.39 Å². The van der Waals surface area contributed by atoms with Crippen LogP contribution in [-0.2, 0) is 17.9 Å². The number of imidazole rings is 1. The van der Waals surface area contributed by atoms with Gasteiger partial charge in [0.1, 0.15) is 11.6 Å². The standard InChI is InChI=1S/C21H18FN3O/c1-2-11-25-19-6-4-3-5-18(19)23-21(25)16-12-20(26)24(14-16)13-15-7-9-17(22)10-8-15/h1,3-10,16H,11-14H2. The normalized spacial score (nSPS) is 17.0. The number of hydrogen-bond donors (Lipinski definition) is 0. The van der Waals surface area contributed by atoms with Crippen molar-refractivity contribution in [3.8, 4) is 12.3 Å². The van der Waals surface area contributed by atoms with E-state index in [1.807, 2.05) is 28.8 Å². The predicted molar refractivity (Wildman–Crippen MR) is 97.7 cm³/mol. The van der Waals surface area contributed by atoms with Crippen LogP contribution in [-0.4, -0.2) is 26.9 Å². The Balaban J connectivity index is 1.60. The molecule has 0 bridgehead atoms. The second kappa shape index (κ2) is 6.64. The molecule has 0 spiro atoms. The summed E-state index contributed by atoms with van der Waals surface area (Å²) in [6.07, 6.45) is 5.95. The Morgan fingerprint density at radius 2 is 1.96 bits per heavy atom. The molecule has 0 aliphatic carbocycles. The highest BCUT2D eigenvalue weighted by atomic mass is 19.1. The van der Waals surface area contributed by atoms with E-state index in [4.69, 9.17) is 11.4 Å². The lowest BCUT2D eigenvalue weighted by molar-refractivity contribution is -0.128. The predicted octanol–water partition coefficient (Wildman–Crippen LogP) is 3.32. The van der Waals surface area contributed by atoms with Crippen LogP contribution in [0.1, 0.15) is 23.7 Å². The summed E-state index contributed by atoms with van der Waals surface area (Å²) in [4.78, 5) is 19.0. The molecule has 0 saturated carbocycles. The molecule has 5 heteroatoms. The Labute approximate surface area is 151 Å². The molecule has 4 nitrogen and oxygen atoms in total. The van der Waals surface area contributed by atoms with E-state index in [1.165, 1.54) is 12.1 Å². The fourth-order valence-corrected chi connectivity index (χ4v) is 3.57. The van der Waals surface area contributed by atoms with Crippen LogP contribution in [0.2, 0.25) is 0 Å². The van der Waals surface area contributed by atoms with E-state index >= 15 is 0 Å². The van der Waals surface area contributed by atoms with Crippen LogP contribution in [0.3, 0.4) is 0 Å². The average molecular weight is 347 g/mol. The smallest absolute Gasteiger partial charge is 0.223 e. The Kier molecular flexibility index (Phi) is 4.18. The van der Waals surface area contributed by atoms with E-state index in [9.17, 15) is 9.18 Å². The zero-order valence-electron chi connectivity index (χ0n) is 14.2. The number of nitrogens with zero attached hydrogens (tertiary/aromatic N) is 3. The van der Waals surface area contributed by atoms with Crippen LogP contribution in [0.25, 0.3) is 11.0 Å². The van der Waals surface area contributed by atoms with Gasteiger partial charge in [0, 0.05) is 25.4 Å². The number of likely N-dealkylation sites (tertiary alicyclic amines) is 1. The van der Waals surface area contributed by atoms with E-state index in [2.05, 4.69) is 5.92 Å². The van der Waals surface area contributed by atoms with Crippen molar-refractivity contribution in [2.75, 3.05) is 6.54 Å². The Morgan fingerprint density at radius 3 is 2.73 bits per heavy atom. The molecule has 1 atom stereocenters. The van der Waals surface area contributed by atoms with Gasteiger partial charge in [0.05, 0.1) is 17.6 Å². The number of hydrogen-bond acceptors (Lipinski definition) is 2. The third-order valence-corrected chi connectivity index (χ3v) is 4.80. The van der Waals surface area contributed by atoms with Crippen molar-refractivity contribution in [3.05, 3.63) is 65.7 Å². The zero-order chi connectivity index (χ0) is 18.1. The van der Waals surface area contributed by atoms with E-state index in [-0.39, 0.29) is 17.6 Å². The number of halogens is 1. The maximum Gasteiger partial charge on any atom is 0.223 e. The summed E-state index contributed by atoms with van der Waals surface area (Å²) in [6.45, 7) is 1.49. The highest BCUT2D eigenvalue weighted by Gasteiger charge is 2.33. The van der Waals surface area contributed by atoms with Gasteiger partial charge in [0.25, 0.3) is 0 Å². The van der Waals surface area contributed by atoms with Crippen molar-refractivity contribution in [2.45, 2.75) is 25.4 Å². The number of aromatic nitrogens is 2. The first kappa shape index (κ1) is 16.3. The van der Waals surface area contributed by atoms with Gasteiger partial charge in [-0.3, -0.25) is 4.79 Å². The highest BCUT2D eigenvalue weighted by molar-refractivity contribution is 5.81. The van der Waals surface area contributed by atoms with E-state index in [0.29, 0.717) is 26.1 Å². The number of terminal acetylenes is 1. The second-order valence-corrected chi connectivity index (χ2v) is 6.55. The lowest BCUT2D eigenvalue weighted by Gasteiger charge is -2.17. The van der Waals surface area contributed by atoms with Crippen LogP contribution in [0.15, 0.2) is 48.5 Å². The Bertz CT molecular complexity index is 1000. The number of rotatable bonds is 4. The SMILES string of the molecule is C#CCn1c(C2CC(=O)N(Cc3ccc(F)cc3)C2)nc2ccccc21. The average Bonchev–Trinajstić information content (AvgIpc) is 3.19. The monoisotopic (exact) mass is 347 g/mol. The van der Waals surface area contributed by atoms with Crippen LogP contribution in [0.5, 0.6) is 0 Å². The molecule has 1 saturated heterocycles. The molecule has 26 heavy (non-hydrogen) atoms. The minimum absolute atomic E-state index is 0.00342. The highest BCUT2D eigenvalue weighted by Crippen LogP contribution is 2.31. The molecule has 1 amide bonds. The molecule has 1 aromatic heterocycles. The Hall–Kier alpha value is -3.13. The fraction of sp³-hybridized carbons (Fsp3) is 0.238. The van der Waals surface area contributed by atoms with Crippen molar-refractivity contribution in [1.29, 1.82) is 0 Å². The molecule has 1 unspecified atom stereocenters. The molecule has 2 heterocycles. The molecule has 1 fully saturated rings. The summed E-state index contributed by atoms with van der Waals surface area (Å²) in [5, 5.41) is 0. The number of carbonyl (C=O) groups excluding carboxylic acids is 1. The van der Waals surface area contributed by atoms with Crippen molar-refractivity contribution >= 4 is 16.9 Å². The first-order valence-electron chi connectivity index (χ1n) is 8.56. The summed E-state index contributed by atoms with van der Waals surface area (Å²) in [7, 11) is 0. The van der Waals surface area contributed by atoms with Crippen molar-refractivity contribution < 1.29 is 9.18 Å². The molecular formula is C21H18FN3O. The summed E-state index contributed by atoms with van der Waals surface area (Å²) in [5.74, 6) is 3.35. The van der Waals surface area contributed by atoms with Crippen LogP contribution >= 0.6 is 0 Å². The number of carbonyl (C=O) groups is 1. The van der Waals surface area contributed by atoms with Gasteiger partial charge in [0.2, 0.25) is 5.91 Å². The summed E-state index contributed by atoms with van der Waals surface area (Å²) < 4.78 is 15.1. The number of amides is 1. The molecule has 0 N–H and O–H groups in total. The van der Waals surface area contributed by atoms with Gasteiger partial charge in [-0.1, -0.05) is 30.2 Å². The van der Waals surface area contributed by atoms with Gasteiger partial charge < -0.3 is 9.47 Å². The van der Waals surface area contributed by atoms with Crippen LogP contribution < -0.4 is 0 Å². The molecule has 130 valence electrons. The summed E-state index contributed by atoms with van der Waals surface area (Å²) in [5.41, 5.74) is 2.80. The van der Waals surface area contributed by atoms with Gasteiger partial charge in [-0.25, -0.2) is 9.37 Å². The quantitative estimate of drug-likeness (QED) is 0.679. The minimum Gasteiger partial charge on any atom is -0.338 e. The number of benzene rings is 2. The van der Waals surface area contributed by atoms with Gasteiger partial charge in [-0.05, 0) is 29.8 Å². The third-order valence-electron chi connectivity index (χ3n) is 4.80. The third kappa shape index (κ3) is 2.95. The Morgan fingerprint density at radius 1 is 1.19 bits per heavy atom. The number of para-hydroxylation sites is 2. The molecular weight excluding hydrogens is 329 g/mol. The molecule has 1 aliphatic rings. The van der Waals surface area contributed by atoms with Crippen molar-refractivity contribution in [2.24, 2.45) is 0 Å². The largest absolute Gasteiger partial charge is 0.338 e. The molecule has 4 rings (SSSR count). The zero-order valence-corrected chi connectivity index (χ0v) is 14.2. The fourth-order valence-electron chi connectivity index (χ4n) is 3.57. The lowest BCUT2D eigenvalue weighted by atomic mass is 10.1. The van der Waals surface area contributed by atoms with Gasteiger partial charge >= 0.3 is 0 Å². The van der Waals surface area contributed by atoms with Gasteiger partial charge in [0.15, 0.2) is 0 Å². The van der Waals surface area contributed by atoms with E-state index < -0.39 is 0 Å². The lowest BCUT2D eigenvalue weighted by Crippen LogP contribution is -2.24. The maximum absolute atomic E-state index is 13.1. The number of fused-ring (bicyclic) bond motifs is 1. The van der Waals surface area contributed by atoms with E-state index in [1.54, 1.807) is 17.0 Å². The molecule has 2 aromatic carbocycles. The van der Waals surface area contributed by atoms with Crippen molar-refractivity contribution in [1.82, 2.24) is 14.5 Å². The summed E-state index contributed by atoms with van der Waals surface area (Å²) >= 11 is 0. The molecule has 1 aliphatic heterocycles.